The van der Waals surface area contributed by atoms with E-state index in [0.717, 1.165) is 4.90 Å². The van der Waals surface area contributed by atoms with E-state index in [-0.39, 0.29) is 17.4 Å². The number of carbonyl (C=O) groups excluding carboxylic acids is 2. The lowest BCUT2D eigenvalue weighted by Gasteiger charge is -2.04. The summed E-state index contributed by atoms with van der Waals surface area (Å²) in [5.41, 5.74) is 7.11. The molecule has 0 saturated carbocycles. The van der Waals surface area contributed by atoms with E-state index in [2.05, 4.69) is 10.3 Å². The van der Waals surface area contributed by atoms with Crippen LogP contribution in [0, 0.1) is 6.92 Å². The van der Waals surface area contributed by atoms with Gasteiger partial charge in [0.25, 0.3) is 0 Å². The number of nitrogens with two attached hydrogens (primary N) is 1. The number of thioether (sulfide) groups is 1. The van der Waals surface area contributed by atoms with Crippen molar-refractivity contribution in [1.82, 2.24) is 4.98 Å². The fourth-order valence-electron chi connectivity index (χ4n) is 1.69. The highest BCUT2D eigenvalue weighted by atomic mass is 32.2. The standard InChI is InChI=1S/C14H15N3O2S2/c1-8-13(9(2)18)21-14(16-8)17-12(19)7-20-11-6-4-3-5-10(11)15/h3-6H,7,15H2,1-2H3,(H,16,17,19). The maximum absolute atomic E-state index is 11.9. The summed E-state index contributed by atoms with van der Waals surface area (Å²) in [7, 11) is 0. The van der Waals surface area contributed by atoms with Gasteiger partial charge in [-0.2, -0.15) is 0 Å². The number of anilines is 2. The number of hydrogen-bond acceptors (Lipinski definition) is 6. The Morgan fingerprint density at radius 2 is 2.10 bits per heavy atom. The first-order valence-corrected chi connectivity index (χ1v) is 8.03. The minimum atomic E-state index is -0.174. The number of para-hydroxylation sites is 1. The molecule has 0 radical (unpaired) electrons. The molecule has 0 bridgehead atoms. The number of hydrogen-bond donors (Lipinski definition) is 2. The second-order valence-electron chi connectivity index (χ2n) is 4.36. The minimum Gasteiger partial charge on any atom is -0.398 e. The molecule has 2 rings (SSSR count). The number of carbonyl (C=O) groups is 2. The molecule has 1 amide bonds. The zero-order valence-electron chi connectivity index (χ0n) is 11.7. The van der Waals surface area contributed by atoms with E-state index in [1.165, 1.54) is 30.0 Å². The summed E-state index contributed by atoms with van der Waals surface area (Å²) in [6.07, 6.45) is 0. The highest BCUT2D eigenvalue weighted by Crippen LogP contribution is 2.26. The Morgan fingerprint density at radius 1 is 1.38 bits per heavy atom. The van der Waals surface area contributed by atoms with Crippen molar-refractivity contribution >= 4 is 45.6 Å². The van der Waals surface area contributed by atoms with E-state index >= 15 is 0 Å². The highest BCUT2D eigenvalue weighted by molar-refractivity contribution is 8.00. The average molecular weight is 321 g/mol. The van der Waals surface area contributed by atoms with Gasteiger partial charge in [0.05, 0.1) is 16.3 Å². The second kappa shape index (κ2) is 6.73. The van der Waals surface area contributed by atoms with Crippen molar-refractivity contribution in [2.24, 2.45) is 0 Å². The van der Waals surface area contributed by atoms with Crippen molar-refractivity contribution in [3.05, 3.63) is 34.8 Å². The molecular formula is C14H15N3O2S2. The summed E-state index contributed by atoms with van der Waals surface area (Å²) in [6, 6.07) is 7.39. The fourth-order valence-corrected chi connectivity index (χ4v) is 3.33. The Labute approximate surface area is 131 Å². The first-order valence-electron chi connectivity index (χ1n) is 6.23. The number of benzene rings is 1. The van der Waals surface area contributed by atoms with Crippen LogP contribution in [0.4, 0.5) is 10.8 Å². The summed E-state index contributed by atoms with van der Waals surface area (Å²) in [4.78, 5) is 28.9. The summed E-state index contributed by atoms with van der Waals surface area (Å²) in [5.74, 6) is 0.0199. The topological polar surface area (TPSA) is 85.1 Å². The summed E-state index contributed by atoms with van der Waals surface area (Å²) in [6.45, 7) is 3.24. The van der Waals surface area contributed by atoms with Crippen molar-refractivity contribution in [3.8, 4) is 0 Å². The van der Waals surface area contributed by atoms with Crippen LogP contribution >= 0.6 is 23.1 Å². The van der Waals surface area contributed by atoms with Crippen molar-refractivity contribution in [2.45, 2.75) is 18.7 Å². The molecule has 0 fully saturated rings. The molecular weight excluding hydrogens is 306 g/mol. The van der Waals surface area contributed by atoms with Crippen molar-refractivity contribution in [1.29, 1.82) is 0 Å². The smallest absolute Gasteiger partial charge is 0.236 e. The van der Waals surface area contributed by atoms with Gasteiger partial charge in [-0.25, -0.2) is 4.98 Å². The summed E-state index contributed by atoms with van der Waals surface area (Å²) in [5, 5.41) is 3.15. The van der Waals surface area contributed by atoms with Crippen LogP contribution in [-0.2, 0) is 4.79 Å². The quantitative estimate of drug-likeness (QED) is 0.502. The van der Waals surface area contributed by atoms with Crippen molar-refractivity contribution < 1.29 is 9.59 Å². The molecule has 0 spiro atoms. The number of ketones is 1. The zero-order chi connectivity index (χ0) is 15.4. The number of nitrogens with one attached hydrogen (secondary N) is 1. The molecule has 0 aliphatic rings. The summed E-state index contributed by atoms with van der Waals surface area (Å²) < 4.78 is 0. The highest BCUT2D eigenvalue weighted by Gasteiger charge is 2.13. The molecule has 1 aromatic carbocycles. The largest absolute Gasteiger partial charge is 0.398 e. The van der Waals surface area contributed by atoms with Gasteiger partial charge < -0.3 is 11.1 Å². The van der Waals surface area contributed by atoms with E-state index in [0.29, 0.717) is 21.4 Å². The Bertz CT molecular complexity index is 683. The lowest BCUT2D eigenvalue weighted by molar-refractivity contribution is -0.113. The first kappa shape index (κ1) is 15.5. The molecule has 7 heteroatoms. The number of aromatic nitrogens is 1. The van der Waals surface area contributed by atoms with Crippen LogP contribution in [0.3, 0.4) is 0 Å². The van der Waals surface area contributed by atoms with E-state index in [4.69, 9.17) is 5.73 Å². The van der Waals surface area contributed by atoms with Gasteiger partial charge in [-0.05, 0) is 19.1 Å². The third-order valence-electron chi connectivity index (χ3n) is 2.64. The second-order valence-corrected chi connectivity index (χ2v) is 6.38. The maximum Gasteiger partial charge on any atom is 0.236 e. The van der Waals surface area contributed by atoms with Crippen LogP contribution in [0.5, 0.6) is 0 Å². The van der Waals surface area contributed by atoms with Gasteiger partial charge in [0.1, 0.15) is 0 Å². The molecule has 0 aliphatic heterocycles. The van der Waals surface area contributed by atoms with E-state index in [9.17, 15) is 9.59 Å². The van der Waals surface area contributed by atoms with Gasteiger partial charge in [0.15, 0.2) is 10.9 Å². The third-order valence-corrected chi connectivity index (χ3v) is 4.90. The maximum atomic E-state index is 11.9. The lowest BCUT2D eigenvalue weighted by atomic mass is 10.3. The van der Waals surface area contributed by atoms with E-state index in [1.54, 1.807) is 13.0 Å². The van der Waals surface area contributed by atoms with Crippen LogP contribution in [0.1, 0.15) is 22.3 Å². The minimum absolute atomic E-state index is 0.0445. The molecule has 3 N–H and O–H groups in total. The van der Waals surface area contributed by atoms with Gasteiger partial charge in [0.2, 0.25) is 5.91 Å². The number of amides is 1. The molecule has 2 aromatic rings. The fraction of sp³-hybridized carbons (Fsp3) is 0.214. The van der Waals surface area contributed by atoms with E-state index < -0.39 is 0 Å². The number of rotatable bonds is 5. The molecule has 110 valence electrons. The molecule has 0 saturated heterocycles. The normalized spacial score (nSPS) is 10.4. The molecule has 0 atom stereocenters. The Morgan fingerprint density at radius 3 is 2.71 bits per heavy atom. The SMILES string of the molecule is CC(=O)c1sc(NC(=O)CSc2ccccc2N)nc1C. The van der Waals surface area contributed by atoms with Crippen LogP contribution in [-0.4, -0.2) is 22.4 Å². The van der Waals surface area contributed by atoms with Gasteiger partial charge in [-0.15, -0.1) is 11.8 Å². The summed E-state index contributed by atoms with van der Waals surface area (Å²) >= 11 is 2.56. The van der Waals surface area contributed by atoms with Crippen LogP contribution in [0.15, 0.2) is 29.2 Å². The molecule has 0 unspecified atom stereocenters. The van der Waals surface area contributed by atoms with Gasteiger partial charge in [-0.3, -0.25) is 9.59 Å². The van der Waals surface area contributed by atoms with E-state index in [1.807, 2.05) is 18.2 Å². The Kier molecular flexibility index (Phi) is 4.98. The predicted octanol–water partition coefficient (Wildman–Crippen LogP) is 2.97. The Hall–Kier alpha value is -1.86. The molecule has 5 nitrogen and oxygen atoms in total. The number of aryl methyl sites for hydroxylation is 1. The number of thiazole rings is 1. The zero-order valence-corrected chi connectivity index (χ0v) is 13.3. The molecule has 21 heavy (non-hydrogen) atoms. The number of Topliss-reactive ketones (excluding diaryl/α,β-unsaturated/α-hetero) is 1. The van der Waals surface area contributed by atoms with Crippen molar-refractivity contribution in [3.63, 3.8) is 0 Å². The van der Waals surface area contributed by atoms with Crippen LogP contribution in [0.25, 0.3) is 0 Å². The Balaban J connectivity index is 1.95. The van der Waals surface area contributed by atoms with Crippen LogP contribution in [0.2, 0.25) is 0 Å². The molecule has 0 aliphatic carbocycles. The number of nitrogens with zero attached hydrogens (tertiary/aromatic N) is 1. The number of nitrogen functional groups attached to an aromatic ring is 1. The predicted molar refractivity (Wildman–Crippen MR) is 87.1 cm³/mol. The van der Waals surface area contributed by atoms with Gasteiger partial charge in [-0.1, -0.05) is 23.5 Å². The molecule has 1 heterocycles. The van der Waals surface area contributed by atoms with Crippen molar-refractivity contribution in [2.75, 3.05) is 16.8 Å². The van der Waals surface area contributed by atoms with Gasteiger partial charge >= 0.3 is 0 Å². The molecule has 1 aromatic heterocycles. The third kappa shape index (κ3) is 4.05. The van der Waals surface area contributed by atoms with Crippen LogP contribution < -0.4 is 11.1 Å². The van der Waals surface area contributed by atoms with Gasteiger partial charge in [0, 0.05) is 17.5 Å². The monoisotopic (exact) mass is 321 g/mol. The first-order chi connectivity index (χ1) is 9.97. The average Bonchev–Trinajstić information content (AvgIpc) is 2.79. The lowest BCUT2D eigenvalue weighted by Crippen LogP contribution is -2.13.